The van der Waals surface area contributed by atoms with E-state index in [9.17, 15) is 4.79 Å². The van der Waals surface area contributed by atoms with Crippen molar-refractivity contribution in [3.63, 3.8) is 0 Å². The molecule has 0 spiro atoms. The third kappa shape index (κ3) is 4.44. The van der Waals surface area contributed by atoms with Gasteiger partial charge in [-0.2, -0.15) is 5.10 Å². The Balaban J connectivity index is 2.09. The van der Waals surface area contributed by atoms with E-state index in [-0.39, 0.29) is 11.7 Å². The average molecular weight is 300 g/mol. The average Bonchev–Trinajstić information content (AvgIpc) is 2.44. The summed E-state index contributed by atoms with van der Waals surface area (Å²) < 4.78 is 5.60. The Morgan fingerprint density at radius 3 is 2.59 bits per heavy atom. The predicted octanol–water partition coefficient (Wildman–Crippen LogP) is 2.70. The minimum absolute atomic E-state index is 0.145. The second kappa shape index (κ2) is 6.89. The van der Waals surface area contributed by atoms with Crippen molar-refractivity contribution in [2.45, 2.75) is 33.8 Å². The number of ether oxygens (including phenoxy) is 1. The van der Waals surface area contributed by atoms with E-state index in [1.54, 1.807) is 6.92 Å². The molecule has 0 bridgehead atoms. The van der Waals surface area contributed by atoms with E-state index in [0.717, 1.165) is 17.0 Å². The summed E-state index contributed by atoms with van der Waals surface area (Å²) in [4.78, 5) is 18.1. The van der Waals surface area contributed by atoms with Crippen LogP contribution in [0.15, 0.2) is 40.2 Å². The standard InChI is InChI=1S/C16H20N4O2/c1-10(2)22-14-7-5-13(6-8-14)12(4)19-20-16-17-11(3)9-15(21)18-16/h5-10H,1-4H3,(H2,17,18,20,21)/b19-12-. The van der Waals surface area contributed by atoms with E-state index in [0.29, 0.717) is 11.6 Å². The van der Waals surface area contributed by atoms with Crippen molar-refractivity contribution in [2.75, 3.05) is 5.43 Å². The minimum Gasteiger partial charge on any atom is -0.491 e. The molecule has 0 radical (unpaired) electrons. The third-order valence-electron chi connectivity index (χ3n) is 2.84. The van der Waals surface area contributed by atoms with E-state index in [4.69, 9.17) is 4.74 Å². The van der Waals surface area contributed by atoms with Gasteiger partial charge in [-0.05, 0) is 57.5 Å². The molecule has 2 N–H and O–H groups in total. The van der Waals surface area contributed by atoms with Crippen LogP contribution in [-0.2, 0) is 0 Å². The van der Waals surface area contributed by atoms with Crippen LogP contribution in [0.1, 0.15) is 32.0 Å². The summed E-state index contributed by atoms with van der Waals surface area (Å²) in [5.74, 6) is 1.15. The van der Waals surface area contributed by atoms with Crippen LogP contribution in [0.5, 0.6) is 5.75 Å². The summed E-state index contributed by atoms with van der Waals surface area (Å²) in [6.07, 6.45) is 0.145. The zero-order valence-corrected chi connectivity index (χ0v) is 13.2. The molecular formula is C16H20N4O2. The number of hydrogen-bond donors (Lipinski definition) is 2. The first-order valence-electron chi connectivity index (χ1n) is 7.09. The van der Waals surface area contributed by atoms with Crippen LogP contribution in [0.2, 0.25) is 0 Å². The molecule has 1 aromatic carbocycles. The number of hydrazone groups is 1. The summed E-state index contributed by atoms with van der Waals surface area (Å²) in [6, 6.07) is 9.10. The minimum atomic E-state index is -0.210. The molecule has 6 nitrogen and oxygen atoms in total. The number of rotatable bonds is 5. The van der Waals surface area contributed by atoms with Crippen LogP contribution in [-0.4, -0.2) is 21.8 Å². The quantitative estimate of drug-likeness (QED) is 0.657. The molecule has 0 saturated heterocycles. The number of benzene rings is 1. The fourth-order valence-corrected chi connectivity index (χ4v) is 1.88. The second-order valence-electron chi connectivity index (χ2n) is 5.24. The Morgan fingerprint density at radius 2 is 2.00 bits per heavy atom. The Labute approximate surface area is 129 Å². The summed E-state index contributed by atoms with van der Waals surface area (Å²) in [7, 11) is 0. The molecule has 0 fully saturated rings. The number of hydrogen-bond acceptors (Lipinski definition) is 5. The van der Waals surface area contributed by atoms with Crippen LogP contribution in [0.3, 0.4) is 0 Å². The molecular weight excluding hydrogens is 280 g/mol. The van der Waals surface area contributed by atoms with Gasteiger partial charge in [-0.25, -0.2) is 10.4 Å². The van der Waals surface area contributed by atoms with Crippen molar-refractivity contribution >= 4 is 11.7 Å². The molecule has 2 aromatic rings. The van der Waals surface area contributed by atoms with Crippen molar-refractivity contribution in [3.8, 4) is 5.75 Å². The number of nitrogens with zero attached hydrogens (tertiary/aromatic N) is 2. The highest BCUT2D eigenvalue weighted by Crippen LogP contribution is 2.14. The Hall–Kier alpha value is -2.63. The highest BCUT2D eigenvalue weighted by molar-refractivity contribution is 5.99. The Bertz CT molecular complexity index is 718. The third-order valence-corrected chi connectivity index (χ3v) is 2.84. The molecule has 0 atom stereocenters. The van der Waals surface area contributed by atoms with Crippen molar-refractivity contribution in [2.24, 2.45) is 5.10 Å². The summed E-state index contributed by atoms with van der Waals surface area (Å²) >= 11 is 0. The Morgan fingerprint density at radius 1 is 1.32 bits per heavy atom. The molecule has 116 valence electrons. The number of aromatic amines is 1. The van der Waals surface area contributed by atoms with Gasteiger partial charge in [0.25, 0.3) is 5.56 Å². The smallest absolute Gasteiger partial charge is 0.252 e. The lowest BCUT2D eigenvalue weighted by Gasteiger charge is -2.10. The van der Waals surface area contributed by atoms with Gasteiger partial charge in [0.2, 0.25) is 5.95 Å². The molecule has 0 aliphatic heterocycles. The van der Waals surface area contributed by atoms with Gasteiger partial charge in [-0.3, -0.25) is 9.78 Å². The van der Waals surface area contributed by atoms with Gasteiger partial charge < -0.3 is 4.74 Å². The molecule has 22 heavy (non-hydrogen) atoms. The Kier molecular flexibility index (Phi) is 4.93. The van der Waals surface area contributed by atoms with Gasteiger partial charge in [-0.1, -0.05) is 0 Å². The van der Waals surface area contributed by atoms with Crippen LogP contribution in [0.4, 0.5) is 5.95 Å². The number of aromatic nitrogens is 2. The largest absolute Gasteiger partial charge is 0.491 e. The van der Waals surface area contributed by atoms with Gasteiger partial charge in [0.05, 0.1) is 11.8 Å². The number of anilines is 1. The fraction of sp³-hybridized carbons (Fsp3) is 0.312. The summed E-state index contributed by atoms with van der Waals surface area (Å²) in [5.41, 5.74) is 4.92. The lowest BCUT2D eigenvalue weighted by atomic mass is 10.1. The molecule has 0 saturated carbocycles. The topological polar surface area (TPSA) is 79.4 Å². The first-order chi connectivity index (χ1) is 10.4. The second-order valence-corrected chi connectivity index (χ2v) is 5.24. The first kappa shape index (κ1) is 15.8. The lowest BCUT2D eigenvalue weighted by molar-refractivity contribution is 0.242. The van der Waals surface area contributed by atoms with Gasteiger partial charge in [0, 0.05) is 11.8 Å². The normalized spacial score (nSPS) is 11.6. The molecule has 1 aromatic heterocycles. The maximum Gasteiger partial charge on any atom is 0.252 e. The predicted molar refractivity (Wildman–Crippen MR) is 87.6 cm³/mol. The van der Waals surface area contributed by atoms with Gasteiger partial charge >= 0.3 is 0 Å². The van der Waals surface area contributed by atoms with E-state index in [1.807, 2.05) is 45.0 Å². The maximum absolute atomic E-state index is 11.4. The van der Waals surface area contributed by atoms with E-state index < -0.39 is 0 Å². The molecule has 0 aliphatic carbocycles. The van der Waals surface area contributed by atoms with E-state index in [2.05, 4.69) is 20.5 Å². The molecule has 2 rings (SSSR count). The van der Waals surface area contributed by atoms with Crippen LogP contribution in [0, 0.1) is 6.92 Å². The molecule has 0 unspecified atom stereocenters. The van der Waals surface area contributed by atoms with Gasteiger partial charge in [0.15, 0.2) is 0 Å². The number of H-pyrrole nitrogens is 1. The molecule has 6 heteroatoms. The number of nitrogens with one attached hydrogen (secondary N) is 2. The lowest BCUT2D eigenvalue weighted by Crippen LogP contribution is -2.11. The summed E-state index contributed by atoms with van der Waals surface area (Å²) in [5, 5.41) is 4.23. The zero-order chi connectivity index (χ0) is 16.1. The number of aryl methyl sites for hydroxylation is 1. The van der Waals surface area contributed by atoms with E-state index >= 15 is 0 Å². The van der Waals surface area contributed by atoms with E-state index in [1.165, 1.54) is 6.07 Å². The van der Waals surface area contributed by atoms with Crippen molar-refractivity contribution in [3.05, 3.63) is 51.9 Å². The molecule has 0 amide bonds. The van der Waals surface area contributed by atoms with Crippen LogP contribution < -0.4 is 15.7 Å². The molecule has 1 heterocycles. The highest BCUT2D eigenvalue weighted by Gasteiger charge is 2.01. The summed E-state index contributed by atoms with van der Waals surface area (Å²) in [6.45, 7) is 7.60. The fourth-order valence-electron chi connectivity index (χ4n) is 1.88. The van der Waals surface area contributed by atoms with Crippen LogP contribution >= 0.6 is 0 Å². The van der Waals surface area contributed by atoms with Gasteiger partial charge in [-0.15, -0.1) is 0 Å². The zero-order valence-electron chi connectivity index (χ0n) is 13.2. The molecule has 0 aliphatic rings. The van der Waals surface area contributed by atoms with Crippen molar-refractivity contribution < 1.29 is 4.74 Å². The van der Waals surface area contributed by atoms with Crippen molar-refractivity contribution in [1.82, 2.24) is 9.97 Å². The monoisotopic (exact) mass is 300 g/mol. The van der Waals surface area contributed by atoms with Crippen molar-refractivity contribution in [1.29, 1.82) is 0 Å². The van der Waals surface area contributed by atoms with Gasteiger partial charge in [0.1, 0.15) is 5.75 Å². The maximum atomic E-state index is 11.4. The van der Waals surface area contributed by atoms with Crippen LogP contribution in [0.25, 0.3) is 0 Å². The SMILES string of the molecule is C/C(=N/Nc1nc(C)cc(=O)[nH]1)c1ccc(OC(C)C)cc1. The highest BCUT2D eigenvalue weighted by atomic mass is 16.5. The first-order valence-corrected chi connectivity index (χ1v) is 7.09.